The first-order chi connectivity index (χ1) is 10.1. The molecular formula is C16H15FO4. The molecule has 5 heteroatoms. The standard InChI is InChI=1S/C16H15FO4/c1-2-10-20-11-6-8-12(9-7-11)21-14-5-3-4-13(17)15(14)16(18)19/h3-9H,2,10H2,1H3,(H,18,19). The van der Waals surface area contributed by atoms with Crippen molar-refractivity contribution in [2.75, 3.05) is 6.61 Å². The van der Waals surface area contributed by atoms with Crippen molar-refractivity contribution in [2.45, 2.75) is 13.3 Å². The van der Waals surface area contributed by atoms with Crippen LogP contribution in [0.15, 0.2) is 42.5 Å². The molecule has 0 amide bonds. The van der Waals surface area contributed by atoms with E-state index in [4.69, 9.17) is 14.6 Å². The smallest absolute Gasteiger partial charge is 0.342 e. The molecule has 110 valence electrons. The molecule has 0 heterocycles. The second-order valence-electron chi connectivity index (χ2n) is 4.34. The predicted octanol–water partition coefficient (Wildman–Crippen LogP) is 4.11. The number of carbonyl (C=O) groups is 1. The molecule has 2 rings (SSSR count). The molecule has 0 aliphatic rings. The Balaban J connectivity index is 2.19. The normalized spacial score (nSPS) is 10.2. The number of hydrogen-bond acceptors (Lipinski definition) is 3. The van der Waals surface area contributed by atoms with Crippen molar-refractivity contribution < 1.29 is 23.8 Å². The van der Waals surface area contributed by atoms with Gasteiger partial charge in [0.1, 0.15) is 28.6 Å². The Morgan fingerprint density at radius 2 is 1.81 bits per heavy atom. The van der Waals surface area contributed by atoms with Gasteiger partial charge in [-0.05, 0) is 42.8 Å². The van der Waals surface area contributed by atoms with Gasteiger partial charge in [0, 0.05) is 0 Å². The van der Waals surface area contributed by atoms with Crippen molar-refractivity contribution in [3.8, 4) is 17.2 Å². The minimum atomic E-state index is -1.37. The van der Waals surface area contributed by atoms with Gasteiger partial charge in [-0.25, -0.2) is 9.18 Å². The first-order valence-corrected chi connectivity index (χ1v) is 6.54. The van der Waals surface area contributed by atoms with E-state index in [-0.39, 0.29) is 5.75 Å². The van der Waals surface area contributed by atoms with Gasteiger partial charge < -0.3 is 14.6 Å². The summed E-state index contributed by atoms with van der Waals surface area (Å²) in [6.45, 7) is 2.63. The molecule has 0 aliphatic heterocycles. The molecule has 4 nitrogen and oxygen atoms in total. The summed E-state index contributed by atoms with van der Waals surface area (Å²) in [6.07, 6.45) is 0.906. The van der Waals surface area contributed by atoms with Crippen LogP contribution in [0.4, 0.5) is 4.39 Å². The largest absolute Gasteiger partial charge is 0.494 e. The Kier molecular flexibility index (Phi) is 4.77. The third-order valence-corrected chi connectivity index (χ3v) is 2.71. The fraction of sp³-hybridized carbons (Fsp3) is 0.188. The molecular weight excluding hydrogens is 275 g/mol. The topological polar surface area (TPSA) is 55.8 Å². The molecule has 2 aromatic carbocycles. The molecule has 21 heavy (non-hydrogen) atoms. The Morgan fingerprint density at radius 1 is 1.14 bits per heavy atom. The monoisotopic (exact) mass is 290 g/mol. The van der Waals surface area contributed by atoms with E-state index < -0.39 is 17.3 Å². The third kappa shape index (κ3) is 3.72. The lowest BCUT2D eigenvalue weighted by molar-refractivity contribution is 0.0689. The summed E-state index contributed by atoms with van der Waals surface area (Å²) in [6, 6.07) is 10.6. The molecule has 0 radical (unpaired) electrons. The van der Waals surface area contributed by atoms with Crippen LogP contribution in [0.5, 0.6) is 17.2 Å². The third-order valence-electron chi connectivity index (χ3n) is 2.71. The van der Waals surface area contributed by atoms with Gasteiger partial charge in [0.25, 0.3) is 0 Å². The van der Waals surface area contributed by atoms with Crippen molar-refractivity contribution in [3.63, 3.8) is 0 Å². The van der Waals surface area contributed by atoms with E-state index in [0.29, 0.717) is 18.1 Å². The van der Waals surface area contributed by atoms with Crippen molar-refractivity contribution in [2.24, 2.45) is 0 Å². The molecule has 0 spiro atoms. The Labute approximate surface area is 121 Å². The molecule has 0 saturated heterocycles. The second-order valence-corrected chi connectivity index (χ2v) is 4.34. The summed E-state index contributed by atoms with van der Waals surface area (Å²) >= 11 is 0. The summed E-state index contributed by atoms with van der Waals surface area (Å²) in [5.74, 6) is -1.13. The van der Waals surface area contributed by atoms with Crippen molar-refractivity contribution >= 4 is 5.97 Å². The molecule has 0 aromatic heterocycles. The summed E-state index contributed by atoms with van der Waals surface area (Å²) in [5.41, 5.74) is -0.483. The van der Waals surface area contributed by atoms with E-state index in [2.05, 4.69) is 0 Å². The zero-order chi connectivity index (χ0) is 15.2. The molecule has 0 fully saturated rings. The summed E-state index contributed by atoms with van der Waals surface area (Å²) in [5, 5.41) is 9.03. The van der Waals surface area contributed by atoms with Crippen molar-refractivity contribution in [3.05, 3.63) is 53.8 Å². The van der Waals surface area contributed by atoms with Crippen LogP contribution in [0.1, 0.15) is 23.7 Å². The first kappa shape index (κ1) is 14.8. The minimum Gasteiger partial charge on any atom is -0.494 e. The number of carboxylic acids is 1. The van der Waals surface area contributed by atoms with E-state index >= 15 is 0 Å². The van der Waals surface area contributed by atoms with Crippen LogP contribution in [-0.2, 0) is 0 Å². The Morgan fingerprint density at radius 3 is 2.43 bits per heavy atom. The highest BCUT2D eigenvalue weighted by Gasteiger charge is 2.17. The van der Waals surface area contributed by atoms with Crippen LogP contribution in [0.2, 0.25) is 0 Å². The molecule has 0 atom stereocenters. The highest BCUT2D eigenvalue weighted by Crippen LogP contribution is 2.28. The highest BCUT2D eigenvalue weighted by molar-refractivity contribution is 5.91. The number of rotatable bonds is 6. The average molecular weight is 290 g/mol. The number of halogens is 1. The molecule has 0 saturated carbocycles. The van der Waals surface area contributed by atoms with Crippen LogP contribution in [0.3, 0.4) is 0 Å². The fourth-order valence-corrected chi connectivity index (χ4v) is 1.75. The SMILES string of the molecule is CCCOc1ccc(Oc2cccc(F)c2C(=O)O)cc1. The van der Waals surface area contributed by atoms with Gasteiger partial charge in [0.15, 0.2) is 0 Å². The van der Waals surface area contributed by atoms with E-state index in [0.717, 1.165) is 12.5 Å². The molecule has 0 bridgehead atoms. The quantitative estimate of drug-likeness (QED) is 0.870. The number of benzene rings is 2. The van der Waals surface area contributed by atoms with Gasteiger partial charge in [-0.15, -0.1) is 0 Å². The van der Waals surface area contributed by atoms with Crippen LogP contribution < -0.4 is 9.47 Å². The van der Waals surface area contributed by atoms with E-state index in [1.165, 1.54) is 12.1 Å². The van der Waals surface area contributed by atoms with Crippen LogP contribution in [0.25, 0.3) is 0 Å². The zero-order valence-corrected chi connectivity index (χ0v) is 11.5. The van der Waals surface area contributed by atoms with Gasteiger partial charge in [-0.3, -0.25) is 0 Å². The average Bonchev–Trinajstić information content (AvgIpc) is 2.46. The minimum absolute atomic E-state index is 0.0373. The maximum absolute atomic E-state index is 13.5. The van der Waals surface area contributed by atoms with Crippen LogP contribution >= 0.6 is 0 Å². The lowest BCUT2D eigenvalue weighted by Gasteiger charge is -2.10. The number of carboxylic acid groups (broad SMARTS) is 1. The van der Waals surface area contributed by atoms with E-state index in [9.17, 15) is 9.18 Å². The predicted molar refractivity (Wildman–Crippen MR) is 75.7 cm³/mol. The van der Waals surface area contributed by atoms with Gasteiger partial charge >= 0.3 is 5.97 Å². The Hall–Kier alpha value is -2.56. The van der Waals surface area contributed by atoms with Gasteiger partial charge in [0.05, 0.1) is 6.61 Å². The zero-order valence-electron chi connectivity index (χ0n) is 11.5. The lowest BCUT2D eigenvalue weighted by Crippen LogP contribution is -2.03. The van der Waals surface area contributed by atoms with Crippen molar-refractivity contribution in [1.82, 2.24) is 0 Å². The lowest BCUT2D eigenvalue weighted by atomic mass is 10.2. The molecule has 0 unspecified atom stereocenters. The molecule has 2 aromatic rings. The van der Waals surface area contributed by atoms with Crippen LogP contribution in [0, 0.1) is 5.82 Å². The Bertz CT molecular complexity index is 623. The van der Waals surface area contributed by atoms with E-state index in [1.807, 2.05) is 6.92 Å². The number of aromatic carboxylic acids is 1. The highest BCUT2D eigenvalue weighted by atomic mass is 19.1. The van der Waals surface area contributed by atoms with Crippen molar-refractivity contribution in [1.29, 1.82) is 0 Å². The maximum atomic E-state index is 13.5. The summed E-state index contributed by atoms with van der Waals surface area (Å²) < 4.78 is 24.4. The van der Waals surface area contributed by atoms with Gasteiger partial charge in [0.2, 0.25) is 0 Å². The fourth-order valence-electron chi connectivity index (χ4n) is 1.75. The summed E-state index contributed by atoms with van der Waals surface area (Å²) in [7, 11) is 0. The number of hydrogen-bond donors (Lipinski definition) is 1. The van der Waals surface area contributed by atoms with E-state index in [1.54, 1.807) is 24.3 Å². The second kappa shape index (κ2) is 6.74. The molecule has 0 aliphatic carbocycles. The summed E-state index contributed by atoms with van der Waals surface area (Å²) in [4.78, 5) is 11.1. The first-order valence-electron chi connectivity index (χ1n) is 6.54. The molecule has 1 N–H and O–H groups in total. The number of ether oxygens (including phenoxy) is 2. The van der Waals surface area contributed by atoms with Crippen LogP contribution in [-0.4, -0.2) is 17.7 Å². The van der Waals surface area contributed by atoms with Gasteiger partial charge in [-0.1, -0.05) is 13.0 Å². The van der Waals surface area contributed by atoms with Gasteiger partial charge in [-0.2, -0.15) is 0 Å². The maximum Gasteiger partial charge on any atom is 0.342 e.